The molecular formula is C16H15N3O. The number of rotatable bonds is 5. The molecule has 100 valence electrons. The van der Waals surface area contributed by atoms with Crippen molar-refractivity contribution in [3.63, 3.8) is 0 Å². The second-order valence-electron chi connectivity index (χ2n) is 4.67. The van der Waals surface area contributed by atoms with E-state index in [0.29, 0.717) is 0 Å². The Labute approximate surface area is 117 Å². The number of fused-ring (bicyclic) bond motifs is 1. The molecular weight excluding hydrogens is 250 g/mol. The molecule has 2 heterocycles. The topological polar surface area (TPSA) is 53.9 Å². The standard InChI is InChI=1S/C16H15N3O/c17-10-14-2-1-3-16-15(14)4-7-19(16)8-6-18-11-13-5-9-20-12-13/h1-5,7,9,12,18H,6,8,11H2. The molecule has 4 nitrogen and oxygen atoms in total. The number of hydrogen-bond donors (Lipinski definition) is 1. The fourth-order valence-electron chi connectivity index (χ4n) is 2.34. The molecule has 0 bridgehead atoms. The summed E-state index contributed by atoms with van der Waals surface area (Å²) in [5.41, 5.74) is 2.98. The second-order valence-corrected chi connectivity index (χ2v) is 4.67. The fourth-order valence-corrected chi connectivity index (χ4v) is 2.34. The van der Waals surface area contributed by atoms with Gasteiger partial charge in [-0.15, -0.1) is 0 Å². The SMILES string of the molecule is N#Cc1cccc2c1ccn2CCNCc1ccoc1. The lowest BCUT2D eigenvalue weighted by molar-refractivity contribution is 0.557. The van der Waals surface area contributed by atoms with Gasteiger partial charge in [0.1, 0.15) is 0 Å². The number of benzene rings is 1. The predicted molar refractivity (Wildman–Crippen MR) is 77.1 cm³/mol. The van der Waals surface area contributed by atoms with Gasteiger partial charge in [0.15, 0.2) is 0 Å². The van der Waals surface area contributed by atoms with Crippen molar-refractivity contribution in [2.75, 3.05) is 6.54 Å². The Balaban J connectivity index is 1.65. The largest absolute Gasteiger partial charge is 0.472 e. The first-order valence-corrected chi connectivity index (χ1v) is 6.58. The minimum atomic E-state index is 0.729. The molecule has 20 heavy (non-hydrogen) atoms. The van der Waals surface area contributed by atoms with Crippen molar-refractivity contribution in [3.8, 4) is 6.07 Å². The first kappa shape index (κ1) is 12.5. The molecule has 2 aromatic heterocycles. The minimum Gasteiger partial charge on any atom is -0.472 e. The predicted octanol–water partition coefficient (Wildman–Crippen LogP) is 2.90. The highest BCUT2D eigenvalue weighted by molar-refractivity contribution is 5.85. The molecule has 0 aliphatic heterocycles. The van der Waals surface area contributed by atoms with Gasteiger partial charge >= 0.3 is 0 Å². The van der Waals surface area contributed by atoms with Crippen LogP contribution in [-0.4, -0.2) is 11.1 Å². The van der Waals surface area contributed by atoms with E-state index in [1.165, 1.54) is 0 Å². The van der Waals surface area contributed by atoms with Crippen LogP contribution in [-0.2, 0) is 13.1 Å². The molecule has 0 atom stereocenters. The Morgan fingerprint density at radius 1 is 1.25 bits per heavy atom. The van der Waals surface area contributed by atoms with Crippen LogP contribution in [0.2, 0.25) is 0 Å². The van der Waals surface area contributed by atoms with Crippen molar-refractivity contribution >= 4 is 10.9 Å². The molecule has 0 unspecified atom stereocenters. The van der Waals surface area contributed by atoms with E-state index in [2.05, 4.69) is 16.0 Å². The van der Waals surface area contributed by atoms with Gasteiger partial charge in [-0.25, -0.2) is 0 Å². The molecule has 3 aromatic rings. The summed E-state index contributed by atoms with van der Waals surface area (Å²) < 4.78 is 7.19. The zero-order valence-electron chi connectivity index (χ0n) is 11.0. The average Bonchev–Trinajstić information content (AvgIpc) is 3.13. The van der Waals surface area contributed by atoms with Crippen LogP contribution in [0.15, 0.2) is 53.5 Å². The van der Waals surface area contributed by atoms with Gasteiger partial charge in [0, 0.05) is 42.3 Å². The van der Waals surface area contributed by atoms with Crippen molar-refractivity contribution in [2.45, 2.75) is 13.1 Å². The van der Waals surface area contributed by atoms with Crippen molar-refractivity contribution in [1.82, 2.24) is 9.88 Å². The number of hydrogen-bond acceptors (Lipinski definition) is 3. The molecule has 0 saturated carbocycles. The lowest BCUT2D eigenvalue weighted by Crippen LogP contribution is -2.18. The van der Waals surface area contributed by atoms with Gasteiger partial charge in [-0.05, 0) is 24.3 Å². The highest BCUT2D eigenvalue weighted by Crippen LogP contribution is 2.19. The van der Waals surface area contributed by atoms with E-state index in [-0.39, 0.29) is 0 Å². The number of aromatic nitrogens is 1. The summed E-state index contributed by atoms with van der Waals surface area (Å²) in [6.07, 6.45) is 5.46. The summed E-state index contributed by atoms with van der Waals surface area (Å²) in [5, 5.41) is 13.5. The molecule has 0 radical (unpaired) electrons. The van der Waals surface area contributed by atoms with Crippen molar-refractivity contribution in [3.05, 3.63) is 60.2 Å². The monoisotopic (exact) mass is 265 g/mol. The summed E-state index contributed by atoms with van der Waals surface area (Å²) in [6, 6.07) is 12.0. The van der Waals surface area contributed by atoms with Gasteiger partial charge < -0.3 is 14.3 Å². The third-order valence-electron chi connectivity index (χ3n) is 3.37. The normalized spacial score (nSPS) is 10.8. The van der Waals surface area contributed by atoms with Gasteiger partial charge in [-0.2, -0.15) is 5.26 Å². The summed E-state index contributed by atoms with van der Waals surface area (Å²) in [6.45, 7) is 2.54. The second kappa shape index (κ2) is 5.64. The maximum Gasteiger partial charge on any atom is 0.0998 e. The minimum absolute atomic E-state index is 0.729. The van der Waals surface area contributed by atoms with Gasteiger partial charge in [0.05, 0.1) is 24.2 Å². The molecule has 1 N–H and O–H groups in total. The van der Waals surface area contributed by atoms with Crippen LogP contribution in [0.3, 0.4) is 0 Å². The van der Waals surface area contributed by atoms with Crippen LogP contribution in [0, 0.1) is 11.3 Å². The van der Waals surface area contributed by atoms with Gasteiger partial charge in [0.2, 0.25) is 0 Å². The summed E-state index contributed by atoms with van der Waals surface area (Å²) in [5.74, 6) is 0. The smallest absolute Gasteiger partial charge is 0.0998 e. The Bertz CT molecular complexity index is 735. The lowest BCUT2D eigenvalue weighted by atomic mass is 10.1. The number of nitriles is 1. The highest BCUT2D eigenvalue weighted by atomic mass is 16.3. The summed E-state index contributed by atoms with van der Waals surface area (Å²) in [7, 11) is 0. The molecule has 0 aliphatic rings. The molecule has 0 amide bonds. The van der Waals surface area contributed by atoms with Crippen LogP contribution in [0.5, 0.6) is 0 Å². The van der Waals surface area contributed by atoms with Crippen LogP contribution in [0.1, 0.15) is 11.1 Å². The lowest BCUT2D eigenvalue weighted by Gasteiger charge is -2.06. The molecule has 0 saturated heterocycles. The summed E-state index contributed by atoms with van der Waals surface area (Å²) >= 11 is 0. The van der Waals surface area contributed by atoms with E-state index in [1.807, 2.05) is 36.5 Å². The van der Waals surface area contributed by atoms with E-state index in [0.717, 1.165) is 41.7 Å². The van der Waals surface area contributed by atoms with Crippen molar-refractivity contribution < 1.29 is 4.42 Å². The maximum atomic E-state index is 9.08. The molecule has 0 aliphatic carbocycles. The quantitative estimate of drug-likeness (QED) is 0.722. The summed E-state index contributed by atoms with van der Waals surface area (Å²) in [4.78, 5) is 0. The third kappa shape index (κ3) is 2.44. The zero-order valence-corrected chi connectivity index (χ0v) is 11.0. The Morgan fingerprint density at radius 3 is 3.00 bits per heavy atom. The van der Waals surface area contributed by atoms with Gasteiger partial charge in [-0.3, -0.25) is 0 Å². The van der Waals surface area contributed by atoms with E-state index in [4.69, 9.17) is 9.68 Å². The van der Waals surface area contributed by atoms with Crippen LogP contribution >= 0.6 is 0 Å². The van der Waals surface area contributed by atoms with Crippen LogP contribution in [0.25, 0.3) is 10.9 Å². The van der Waals surface area contributed by atoms with E-state index in [1.54, 1.807) is 12.5 Å². The number of nitrogens with one attached hydrogen (secondary N) is 1. The molecule has 0 fully saturated rings. The average molecular weight is 265 g/mol. The van der Waals surface area contributed by atoms with E-state index < -0.39 is 0 Å². The Morgan fingerprint density at radius 2 is 2.20 bits per heavy atom. The number of furan rings is 1. The van der Waals surface area contributed by atoms with Gasteiger partial charge in [-0.1, -0.05) is 6.07 Å². The maximum absolute atomic E-state index is 9.08. The molecule has 3 rings (SSSR count). The molecule has 1 aromatic carbocycles. The fraction of sp³-hybridized carbons (Fsp3) is 0.188. The van der Waals surface area contributed by atoms with Gasteiger partial charge in [0.25, 0.3) is 0 Å². The van der Waals surface area contributed by atoms with E-state index >= 15 is 0 Å². The van der Waals surface area contributed by atoms with Crippen LogP contribution in [0.4, 0.5) is 0 Å². The van der Waals surface area contributed by atoms with E-state index in [9.17, 15) is 0 Å². The number of nitrogens with zero attached hydrogens (tertiary/aromatic N) is 2. The van der Waals surface area contributed by atoms with Crippen LogP contribution < -0.4 is 5.32 Å². The van der Waals surface area contributed by atoms with Crippen molar-refractivity contribution in [1.29, 1.82) is 5.26 Å². The third-order valence-corrected chi connectivity index (χ3v) is 3.37. The molecule has 4 heteroatoms. The van der Waals surface area contributed by atoms with Crippen molar-refractivity contribution in [2.24, 2.45) is 0 Å². The Kier molecular flexibility index (Phi) is 3.53. The molecule has 0 spiro atoms. The highest BCUT2D eigenvalue weighted by Gasteiger charge is 2.04. The first-order chi connectivity index (χ1) is 9.88. The Hall–Kier alpha value is -2.51. The first-order valence-electron chi connectivity index (χ1n) is 6.58. The zero-order chi connectivity index (χ0) is 13.8.